The first-order chi connectivity index (χ1) is 7.90. The molecular formula is C13H24N2O. The van der Waals surface area contributed by atoms with Crippen molar-refractivity contribution in [2.45, 2.75) is 56.7 Å². The lowest BCUT2D eigenvalue weighted by molar-refractivity contribution is 0.0608. The molecule has 2 heterocycles. The van der Waals surface area contributed by atoms with Crippen molar-refractivity contribution in [3.8, 4) is 0 Å². The van der Waals surface area contributed by atoms with Gasteiger partial charge in [0.25, 0.3) is 0 Å². The van der Waals surface area contributed by atoms with E-state index < -0.39 is 0 Å². The van der Waals surface area contributed by atoms with Crippen LogP contribution in [0, 0.1) is 0 Å². The van der Waals surface area contributed by atoms with Crippen molar-refractivity contribution < 1.29 is 4.74 Å². The Morgan fingerprint density at radius 2 is 2.00 bits per heavy atom. The van der Waals surface area contributed by atoms with Gasteiger partial charge in [0, 0.05) is 31.8 Å². The third-order valence-corrected chi connectivity index (χ3v) is 4.04. The Morgan fingerprint density at radius 3 is 2.75 bits per heavy atom. The zero-order chi connectivity index (χ0) is 10.8. The molecule has 3 rings (SSSR count). The van der Waals surface area contributed by atoms with Crippen molar-refractivity contribution in [1.82, 2.24) is 10.2 Å². The number of ether oxygens (including phenoxy) is 1. The van der Waals surface area contributed by atoms with Gasteiger partial charge in [-0.25, -0.2) is 0 Å². The summed E-state index contributed by atoms with van der Waals surface area (Å²) in [7, 11) is 0. The minimum absolute atomic E-state index is 0.527. The third kappa shape index (κ3) is 2.96. The van der Waals surface area contributed by atoms with Crippen LogP contribution >= 0.6 is 0 Å². The molecule has 0 aromatic carbocycles. The Morgan fingerprint density at radius 1 is 1.06 bits per heavy atom. The first-order valence-electron chi connectivity index (χ1n) is 7.00. The second-order valence-electron chi connectivity index (χ2n) is 5.67. The molecule has 16 heavy (non-hydrogen) atoms. The first-order valence-corrected chi connectivity index (χ1v) is 7.00. The first kappa shape index (κ1) is 11.0. The fourth-order valence-corrected chi connectivity index (χ4v) is 3.02. The summed E-state index contributed by atoms with van der Waals surface area (Å²) in [5.41, 5.74) is 0. The van der Waals surface area contributed by atoms with Crippen LogP contribution < -0.4 is 5.32 Å². The Kier molecular flexibility index (Phi) is 3.46. The molecule has 2 saturated heterocycles. The summed E-state index contributed by atoms with van der Waals surface area (Å²) in [6, 6.07) is 1.61. The standard InChI is InChI=1S/C13H24N2O/c1-3-12(14-11-5-6-11)9-15(7-1)10-13-4-2-8-16-13/h11-14H,1-10H2. The van der Waals surface area contributed by atoms with E-state index in [0.717, 1.165) is 18.7 Å². The van der Waals surface area contributed by atoms with Crippen molar-refractivity contribution >= 4 is 0 Å². The number of rotatable bonds is 4. The van der Waals surface area contributed by atoms with Gasteiger partial charge in [-0.1, -0.05) is 0 Å². The highest BCUT2D eigenvalue weighted by Gasteiger charge is 2.28. The molecule has 3 heteroatoms. The summed E-state index contributed by atoms with van der Waals surface area (Å²) in [4.78, 5) is 2.61. The molecule has 0 spiro atoms. The van der Waals surface area contributed by atoms with Crippen LogP contribution in [0.25, 0.3) is 0 Å². The molecule has 3 fully saturated rings. The van der Waals surface area contributed by atoms with E-state index in [1.807, 2.05) is 0 Å². The number of nitrogens with zero attached hydrogens (tertiary/aromatic N) is 1. The molecule has 0 aromatic heterocycles. The van der Waals surface area contributed by atoms with Crippen LogP contribution in [0.4, 0.5) is 0 Å². The minimum atomic E-state index is 0.527. The van der Waals surface area contributed by atoms with E-state index >= 15 is 0 Å². The van der Waals surface area contributed by atoms with Crippen LogP contribution in [0.2, 0.25) is 0 Å². The highest BCUT2D eigenvalue weighted by Crippen LogP contribution is 2.22. The molecule has 1 N–H and O–H groups in total. The van der Waals surface area contributed by atoms with Crippen molar-refractivity contribution in [3.63, 3.8) is 0 Å². The summed E-state index contributed by atoms with van der Waals surface area (Å²) in [6.07, 6.45) is 8.61. The van der Waals surface area contributed by atoms with Crippen molar-refractivity contribution in [2.75, 3.05) is 26.2 Å². The van der Waals surface area contributed by atoms with Gasteiger partial charge in [0.05, 0.1) is 6.10 Å². The fraction of sp³-hybridized carbons (Fsp3) is 1.00. The highest BCUT2D eigenvalue weighted by atomic mass is 16.5. The highest BCUT2D eigenvalue weighted by molar-refractivity contribution is 4.88. The predicted octanol–water partition coefficient (Wildman–Crippen LogP) is 1.38. The van der Waals surface area contributed by atoms with Gasteiger partial charge in [0.2, 0.25) is 0 Å². The normalized spacial score (nSPS) is 36.8. The lowest BCUT2D eigenvalue weighted by atomic mass is 10.0. The second-order valence-corrected chi connectivity index (χ2v) is 5.67. The van der Waals surface area contributed by atoms with E-state index in [4.69, 9.17) is 4.74 Å². The minimum Gasteiger partial charge on any atom is -0.377 e. The molecule has 2 atom stereocenters. The summed E-state index contributed by atoms with van der Waals surface area (Å²) < 4.78 is 5.72. The van der Waals surface area contributed by atoms with Crippen LogP contribution in [-0.2, 0) is 4.74 Å². The molecule has 0 bridgehead atoms. The van der Waals surface area contributed by atoms with E-state index in [2.05, 4.69) is 10.2 Å². The average Bonchev–Trinajstić information content (AvgIpc) is 2.94. The number of hydrogen-bond acceptors (Lipinski definition) is 3. The SMILES string of the molecule is C1COC(CN2CCCC(NC3CC3)C2)C1. The lowest BCUT2D eigenvalue weighted by Crippen LogP contribution is -2.48. The summed E-state index contributed by atoms with van der Waals surface area (Å²) in [6.45, 7) is 4.68. The zero-order valence-electron chi connectivity index (χ0n) is 10.2. The maximum Gasteiger partial charge on any atom is 0.0702 e. The van der Waals surface area contributed by atoms with Gasteiger partial charge in [-0.05, 0) is 45.1 Å². The predicted molar refractivity (Wildman–Crippen MR) is 64.6 cm³/mol. The van der Waals surface area contributed by atoms with Crippen LogP contribution in [0.15, 0.2) is 0 Å². The van der Waals surface area contributed by atoms with Gasteiger partial charge in [-0.2, -0.15) is 0 Å². The molecule has 0 radical (unpaired) electrons. The molecule has 3 nitrogen and oxygen atoms in total. The Labute approximate surface area is 98.5 Å². The average molecular weight is 224 g/mol. The Bertz CT molecular complexity index is 224. The van der Waals surface area contributed by atoms with E-state index in [-0.39, 0.29) is 0 Å². The molecular weight excluding hydrogens is 200 g/mol. The van der Waals surface area contributed by atoms with Crippen molar-refractivity contribution in [1.29, 1.82) is 0 Å². The zero-order valence-corrected chi connectivity index (χ0v) is 10.2. The Hall–Kier alpha value is -0.120. The van der Waals surface area contributed by atoms with Gasteiger partial charge in [-0.3, -0.25) is 4.90 Å². The van der Waals surface area contributed by atoms with Crippen LogP contribution in [0.5, 0.6) is 0 Å². The quantitative estimate of drug-likeness (QED) is 0.781. The molecule has 2 unspecified atom stereocenters. The van der Waals surface area contributed by atoms with E-state index in [0.29, 0.717) is 6.10 Å². The van der Waals surface area contributed by atoms with Gasteiger partial charge in [-0.15, -0.1) is 0 Å². The van der Waals surface area contributed by atoms with Crippen molar-refractivity contribution in [2.24, 2.45) is 0 Å². The largest absolute Gasteiger partial charge is 0.377 e. The number of hydrogen-bond donors (Lipinski definition) is 1. The van der Waals surface area contributed by atoms with Gasteiger partial charge >= 0.3 is 0 Å². The second kappa shape index (κ2) is 5.03. The van der Waals surface area contributed by atoms with Crippen LogP contribution in [0.3, 0.4) is 0 Å². The molecule has 1 saturated carbocycles. The maximum absolute atomic E-state index is 5.72. The molecule has 0 aromatic rings. The monoisotopic (exact) mass is 224 g/mol. The number of likely N-dealkylation sites (tertiary alicyclic amines) is 1. The summed E-state index contributed by atoms with van der Waals surface area (Å²) in [5, 5.41) is 3.77. The number of nitrogens with one attached hydrogen (secondary N) is 1. The van der Waals surface area contributed by atoms with E-state index in [1.54, 1.807) is 0 Å². The van der Waals surface area contributed by atoms with E-state index in [9.17, 15) is 0 Å². The Balaban J connectivity index is 1.43. The van der Waals surface area contributed by atoms with Gasteiger partial charge < -0.3 is 10.1 Å². The number of piperidine rings is 1. The molecule has 3 aliphatic rings. The van der Waals surface area contributed by atoms with Crippen LogP contribution in [0.1, 0.15) is 38.5 Å². The van der Waals surface area contributed by atoms with Gasteiger partial charge in [0.1, 0.15) is 0 Å². The smallest absolute Gasteiger partial charge is 0.0702 e. The third-order valence-electron chi connectivity index (χ3n) is 4.04. The lowest BCUT2D eigenvalue weighted by Gasteiger charge is -2.34. The molecule has 92 valence electrons. The molecule has 1 aliphatic carbocycles. The summed E-state index contributed by atoms with van der Waals surface area (Å²) in [5.74, 6) is 0. The maximum atomic E-state index is 5.72. The molecule has 0 amide bonds. The van der Waals surface area contributed by atoms with Crippen LogP contribution in [-0.4, -0.2) is 49.3 Å². The molecule has 2 aliphatic heterocycles. The topological polar surface area (TPSA) is 24.5 Å². The van der Waals surface area contributed by atoms with Gasteiger partial charge in [0.15, 0.2) is 0 Å². The van der Waals surface area contributed by atoms with E-state index in [1.165, 1.54) is 58.2 Å². The van der Waals surface area contributed by atoms with Crippen molar-refractivity contribution in [3.05, 3.63) is 0 Å². The summed E-state index contributed by atoms with van der Waals surface area (Å²) >= 11 is 0. The fourth-order valence-electron chi connectivity index (χ4n) is 3.02.